The molecule has 3 aromatic rings. The number of esters is 1. The van der Waals surface area contributed by atoms with Crippen molar-refractivity contribution in [3.8, 4) is 0 Å². The molecule has 2 bridgehead atoms. The smallest absolute Gasteiger partial charge is 0.326 e. The zero-order valence-corrected chi connectivity index (χ0v) is 21.7. The number of amides is 2. The molecule has 1 heterocycles. The van der Waals surface area contributed by atoms with E-state index in [0.29, 0.717) is 22.3 Å². The molecule has 11 heteroatoms. The number of carbonyl (C=O) groups is 3. The van der Waals surface area contributed by atoms with Crippen molar-refractivity contribution in [1.82, 2.24) is 4.90 Å². The molecule has 3 aliphatic carbocycles. The zero-order valence-electron chi connectivity index (χ0n) is 19.4. The van der Waals surface area contributed by atoms with Gasteiger partial charge >= 0.3 is 5.97 Å². The lowest BCUT2D eigenvalue weighted by Gasteiger charge is -2.54. The molecule has 38 heavy (non-hydrogen) atoms. The summed E-state index contributed by atoms with van der Waals surface area (Å²) >= 11 is 20.5. The van der Waals surface area contributed by atoms with Gasteiger partial charge in [-0.05, 0) is 34.4 Å². The van der Waals surface area contributed by atoms with Crippen molar-refractivity contribution in [3.63, 3.8) is 0 Å². The molecule has 0 spiro atoms. The Bertz CT molecular complexity index is 1450. The molecule has 0 radical (unpaired) electrons. The van der Waals surface area contributed by atoms with Gasteiger partial charge in [-0.1, -0.05) is 60.1 Å². The van der Waals surface area contributed by atoms with E-state index in [2.05, 4.69) is 0 Å². The topological polar surface area (TPSA) is 107 Å². The quantitative estimate of drug-likeness (QED) is 0.142. The fraction of sp³-hybridized carbons (Fsp3) is 0.222. The number of hydrogen-bond acceptors (Lipinski definition) is 6. The van der Waals surface area contributed by atoms with Crippen LogP contribution < -0.4 is 0 Å². The van der Waals surface area contributed by atoms with E-state index in [0.717, 1.165) is 11.0 Å². The maximum absolute atomic E-state index is 13.7. The van der Waals surface area contributed by atoms with Crippen LogP contribution in [-0.4, -0.2) is 34.2 Å². The number of nitro benzene ring substituents is 1. The van der Waals surface area contributed by atoms with Gasteiger partial charge in [-0.15, -0.1) is 23.2 Å². The molecule has 7 rings (SSSR count). The number of likely N-dealkylation sites (tertiary alicyclic amines) is 1. The lowest BCUT2D eigenvalue weighted by molar-refractivity contribution is -0.385. The predicted octanol–water partition coefficient (Wildman–Crippen LogP) is 4.88. The van der Waals surface area contributed by atoms with Gasteiger partial charge in [0.05, 0.1) is 22.3 Å². The first kappa shape index (κ1) is 24.9. The van der Waals surface area contributed by atoms with Gasteiger partial charge in [0, 0.05) is 11.1 Å². The Morgan fingerprint density at radius 2 is 1.37 bits per heavy atom. The van der Waals surface area contributed by atoms with E-state index in [1.165, 1.54) is 12.1 Å². The van der Waals surface area contributed by atoms with Crippen molar-refractivity contribution in [2.45, 2.75) is 16.4 Å². The Hall–Kier alpha value is -3.46. The third kappa shape index (κ3) is 3.20. The molecule has 192 valence electrons. The SMILES string of the molecule is O=C(CN1C(=O)[C@@H]2[C@@H](C1=O)C1(Cl)c3ccccc3C2(Cl)c2ccccc21)OCc1ccc(Cl)cc1[N+](=O)[O-]. The summed E-state index contributed by atoms with van der Waals surface area (Å²) in [6.45, 7) is -1.12. The van der Waals surface area contributed by atoms with Crippen LogP contribution in [0.5, 0.6) is 0 Å². The summed E-state index contributed by atoms with van der Waals surface area (Å²) < 4.78 is 5.22. The van der Waals surface area contributed by atoms with Crippen molar-refractivity contribution in [1.29, 1.82) is 0 Å². The van der Waals surface area contributed by atoms with Gasteiger partial charge in [0.2, 0.25) is 11.8 Å². The number of hydrogen-bond donors (Lipinski definition) is 0. The van der Waals surface area contributed by atoms with Gasteiger partial charge < -0.3 is 4.74 Å². The summed E-state index contributed by atoms with van der Waals surface area (Å²) in [5.74, 6) is -4.24. The lowest BCUT2D eigenvalue weighted by atomic mass is 9.54. The first-order chi connectivity index (χ1) is 18.1. The zero-order chi connectivity index (χ0) is 27.0. The summed E-state index contributed by atoms with van der Waals surface area (Å²) in [5, 5.41) is 11.5. The average Bonchev–Trinajstić information content (AvgIpc) is 3.17. The summed E-state index contributed by atoms with van der Waals surface area (Å²) in [6, 6.07) is 18.4. The number of nitro groups is 1. The standard InChI is InChI=1S/C27H17Cl3N2O6/c28-15-10-9-14(20(11-15)32(36)37)13-38-21(33)12-31-24(34)22-23(25(31)35)27(30)17-6-2-1-5-16(17)26(22,29)18-7-3-4-8-19(18)27/h1-11,22-23H,12-13H2/t22-,23-,26?,27?/m0/s1. The van der Waals surface area contributed by atoms with Gasteiger partial charge in [-0.3, -0.25) is 29.4 Å². The van der Waals surface area contributed by atoms with E-state index < -0.39 is 57.4 Å². The van der Waals surface area contributed by atoms with Crippen molar-refractivity contribution in [2.75, 3.05) is 6.54 Å². The predicted molar refractivity (Wildman–Crippen MR) is 138 cm³/mol. The fourth-order valence-electron chi connectivity index (χ4n) is 6.04. The molecule has 0 aromatic heterocycles. The van der Waals surface area contributed by atoms with Gasteiger partial charge in [-0.2, -0.15) is 0 Å². The van der Waals surface area contributed by atoms with Crippen molar-refractivity contribution >= 4 is 58.3 Å². The number of imide groups is 1. The summed E-state index contributed by atoms with van der Waals surface area (Å²) in [6.07, 6.45) is 0. The van der Waals surface area contributed by atoms with E-state index in [-0.39, 0.29) is 16.3 Å². The van der Waals surface area contributed by atoms with Crippen LogP contribution in [-0.2, 0) is 35.5 Å². The van der Waals surface area contributed by atoms with E-state index in [1.807, 2.05) is 0 Å². The number of ether oxygens (including phenoxy) is 1. The summed E-state index contributed by atoms with van der Waals surface area (Å²) in [4.78, 5) is 49.1. The number of halogens is 3. The van der Waals surface area contributed by atoms with Gasteiger partial charge in [-0.25, -0.2) is 0 Å². The normalized spacial score (nSPS) is 26.6. The maximum Gasteiger partial charge on any atom is 0.326 e. The van der Waals surface area contributed by atoms with Gasteiger partial charge in [0.1, 0.15) is 22.9 Å². The monoisotopic (exact) mass is 570 g/mol. The van der Waals surface area contributed by atoms with E-state index in [1.54, 1.807) is 48.5 Å². The average molecular weight is 572 g/mol. The minimum Gasteiger partial charge on any atom is -0.459 e. The molecule has 8 nitrogen and oxygen atoms in total. The largest absolute Gasteiger partial charge is 0.459 e. The highest BCUT2D eigenvalue weighted by molar-refractivity contribution is 6.36. The Kier molecular flexibility index (Phi) is 5.58. The van der Waals surface area contributed by atoms with Crippen LogP contribution >= 0.6 is 34.8 Å². The Labute approximate surface area is 231 Å². The Morgan fingerprint density at radius 3 is 1.82 bits per heavy atom. The van der Waals surface area contributed by atoms with Crippen LogP contribution in [0.25, 0.3) is 0 Å². The number of benzene rings is 3. The van der Waals surface area contributed by atoms with Crippen LogP contribution in [0.4, 0.5) is 5.69 Å². The van der Waals surface area contributed by atoms with Crippen LogP contribution in [0.15, 0.2) is 66.7 Å². The highest BCUT2D eigenvalue weighted by atomic mass is 35.5. The van der Waals surface area contributed by atoms with Crippen LogP contribution in [0, 0.1) is 22.0 Å². The lowest BCUT2D eigenvalue weighted by Crippen LogP contribution is -2.57. The van der Waals surface area contributed by atoms with Crippen LogP contribution in [0.3, 0.4) is 0 Å². The van der Waals surface area contributed by atoms with E-state index >= 15 is 0 Å². The Balaban J connectivity index is 1.32. The van der Waals surface area contributed by atoms with Crippen molar-refractivity contribution in [3.05, 3.63) is 110 Å². The number of nitrogens with zero attached hydrogens (tertiary/aromatic N) is 2. The minimum absolute atomic E-state index is 0.115. The van der Waals surface area contributed by atoms with Crippen LogP contribution in [0.2, 0.25) is 5.02 Å². The molecule has 4 aliphatic rings. The third-order valence-electron chi connectivity index (χ3n) is 7.60. The third-order valence-corrected chi connectivity index (χ3v) is 9.12. The molecule has 0 saturated carbocycles. The Morgan fingerprint density at radius 1 is 0.895 bits per heavy atom. The fourth-order valence-corrected chi connectivity index (χ4v) is 7.31. The molecule has 1 fully saturated rings. The second kappa shape index (κ2) is 8.53. The molecular weight excluding hydrogens is 555 g/mol. The summed E-state index contributed by atoms with van der Waals surface area (Å²) in [5.41, 5.74) is 2.40. The number of alkyl halides is 2. The molecular formula is C27H17Cl3N2O6. The molecule has 0 N–H and O–H groups in total. The number of rotatable bonds is 5. The van der Waals surface area contributed by atoms with Crippen LogP contribution in [0.1, 0.15) is 27.8 Å². The highest BCUT2D eigenvalue weighted by Crippen LogP contribution is 2.69. The second-order valence-electron chi connectivity index (χ2n) is 9.42. The second-order valence-corrected chi connectivity index (χ2v) is 11.1. The molecule has 3 aromatic carbocycles. The molecule has 1 aliphatic heterocycles. The maximum atomic E-state index is 13.7. The molecule has 2 atom stereocenters. The van der Waals surface area contributed by atoms with E-state index in [4.69, 9.17) is 39.5 Å². The van der Waals surface area contributed by atoms with Gasteiger partial charge in [0.15, 0.2) is 0 Å². The molecule has 0 unspecified atom stereocenters. The van der Waals surface area contributed by atoms with E-state index in [9.17, 15) is 24.5 Å². The summed E-state index contributed by atoms with van der Waals surface area (Å²) in [7, 11) is 0. The molecule has 2 amide bonds. The first-order valence-electron chi connectivity index (χ1n) is 11.6. The number of carbonyl (C=O) groups excluding carboxylic acids is 3. The van der Waals surface area contributed by atoms with Crippen molar-refractivity contribution < 1.29 is 24.0 Å². The molecule has 1 saturated heterocycles. The minimum atomic E-state index is -1.36. The van der Waals surface area contributed by atoms with Crippen molar-refractivity contribution in [2.24, 2.45) is 11.8 Å². The van der Waals surface area contributed by atoms with Gasteiger partial charge in [0.25, 0.3) is 5.69 Å². The first-order valence-corrected chi connectivity index (χ1v) is 12.7. The highest BCUT2D eigenvalue weighted by Gasteiger charge is 2.73.